The number of unbranched alkanes of at least 4 members (excludes halogenated alkanes) is 9. The van der Waals surface area contributed by atoms with Crippen LogP contribution in [0.15, 0.2) is 0 Å². The number of hydrogen-bond acceptors (Lipinski definition) is 4. The summed E-state index contributed by atoms with van der Waals surface area (Å²) in [5.41, 5.74) is 0. The highest BCUT2D eigenvalue weighted by Gasteiger charge is 2.10. The van der Waals surface area contributed by atoms with Crippen molar-refractivity contribution in [3.63, 3.8) is 0 Å². The lowest BCUT2D eigenvalue weighted by Gasteiger charge is -2.15. The molecule has 0 saturated carbocycles. The highest BCUT2D eigenvalue weighted by atomic mass is 32.2. The summed E-state index contributed by atoms with van der Waals surface area (Å²) >= 11 is 1.65. The maximum absolute atomic E-state index is 10.5. The first-order chi connectivity index (χ1) is 11.2. The summed E-state index contributed by atoms with van der Waals surface area (Å²) in [7, 11) is 0. The van der Waals surface area contributed by atoms with Gasteiger partial charge in [0.25, 0.3) is 0 Å². The number of ether oxygens (including phenoxy) is 2. The SMILES string of the molecule is CCCCCCCCCCCCOCC(CSC)OCC(=O)O. The van der Waals surface area contributed by atoms with Gasteiger partial charge in [-0.1, -0.05) is 64.7 Å². The smallest absolute Gasteiger partial charge is 0.329 e. The van der Waals surface area contributed by atoms with Gasteiger partial charge < -0.3 is 14.6 Å². The van der Waals surface area contributed by atoms with Gasteiger partial charge in [-0.05, 0) is 12.7 Å². The molecule has 5 heteroatoms. The molecular formula is C18H36O4S. The standard InChI is InChI=1S/C18H36O4S/c1-3-4-5-6-7-8-9-10-11-12-13-21-14-17(16-23-2)22-15-18(19)20/h17H,3-16H2,1-2H3,(H,19,20). The van der Waals surface area contributed by atoms with E-state index in [9.17, 15) is 4.79 Å². The van der Waals surface area contributed by atoms with Crippen molar-refractivity contribution in [1.82, 2.24) is 0 Å². The van der Waals surface area contributed by atoms with Crippen molar-refractivity contribution >= 4 is 17.7 Å². The van der Waals surface area contributed by atoms with Crippen LogP contribution in [0.5, 0.6) is 0 Å². The summed E-state index contributed by atoms with van der Waals surface area (Å²) in [5.74, 6) is -0.156. The lowest BCUT2D eigenvalue weighted by atomic mass is 10.1. The molecule has 1 N–H and O–H groups in total. The van der Waals surface area contributed by atoms with Gasteiger partial charge in [0.1, 0.15) is 6.61 Å². The molecule has 23 heavy (non-hydrogen) atoms. The molecule has 1 unspecified atom stereocenters. The molecule has 0 radical (unpaired) electrons. The number of carboxylic acids is 1. The second-order valence-electron chi connectivity index (χ2n) is 6.04. The first-order valence-electron chi connectivity index (χ1n) is 9.10. The maximum atomic E-state index is 10.5. The number of hydrogen-bond donors (Lipinski definition) is 1. The summed E-state index contributed by atoms with van der Waals surface area (Å²) in [5, 5.41) is 8.63. The molecule has 0 bridgehead atoms. The number of aliphatic carboxylic acids is 1. The van der Waals surface area contributed by atoms with Gasteiger partial charge in [0.2, 0.25) is 0 Å². The van der Waals surface area contributed by atoms with Crippen molar-refractivity contribution < 1.29 is 19.4 Å². The Morgan fingerprint density at radius 2 is 1.57 bits per heavy atom. The Balaban J connectivity index is 3.33. The summed E-state index contributed by atoms with van der Waals surface area (Å²) in [6.07, 6.45) is 15.0. The van der Waals surface area contributed by atoms with Crippen LogP contribution < -0.4 is 0 Å². The van der Waals surface area contributed by atoms with E-state index in [1.54, 1.807) is 11.8 Å². The Morgan fingerprint density at radius 3 is 2.09 bits per heavy atom. The van der Waals surface area contributed by atoms with Gasteiger partial charge in [-0.25, -0.2) is 4.79 Å². The fourth-order valence-corrected chi connectivity index (χ4v) is 2.99. The van der Waals surface area contributed by atoms with Crippen LogP contribution in [0.3, 0.4) is 0 Å². The lowest BCUT2D eigenvalue weighted by Crippen LogP contribution is -2.25. The molecule has 0 aliphatic heterocycles. The summed E-state index contributed by atoms with van der Waals surface area (Å²) in [6, 6.07) is 0. The summed E-state index contributed by atoms with van der Waals surface area (Å²) in [6.45, 7) is 3.25. The quantitative estimate of drug-likeness (QED) is 0.362. The molecule has 0 aliphatic carbocycles. The van der Waals surface area contributed by atoms with E-state index in [1.165, 1.54) is 57.8 Å². The maximum Gasteiger partial charge on any atom is 0.329 e. The fourth-order valence-electron chi connectivity index (χ4n) is 2.43. The summed E-state index contributed by atoms with van der Waals surface area (Å²) < 4.78 is 10.9. The Bertz CT molecular complexity index is 261. The molecule has 0 aliphatic rings. The van der Waals surface area contributed by atoms with Gasteiger partial charge in [0.05, 0.1) is 12.7 Å². The third-order valence-corrected chi connectivity index (χ3v) is 4.45. The van der Waals surface area contributed by atoms with Gasteiger partial charge in [-0.15, -0.1) is 0 Å². The van der Waals surface area contributed by atoms with Crippen molar-refractivity contribution in [3.8, 4) is 0 Å². The molecule has 0 aromatic rings. The summed E-state index contributed by atoms with van der Waals surface area (Å²) in [4.78, 5) is 10.5. The minimum atomic E-state index is -0.925. The molecule has 4 nitrogen and oxygen atoms in total. The van der Waals surface area contributed by atoms with Gasteiger partial charge in [-0.3, -0.25) is 0 Å². The molecule has 0 fully saturated rings. The second kappa shape index (κ2) is 18.1. The van der Waals surface area contributed by atoms with Crippen LogP contribution in [0.2, 0.25) is 0 Å². The average Bonchev–Trinajstić information content (AvgIpc) is 2.53. The van der Waals surface area contributed by atoms with E-state index in [2.05, 4.69) is 6.92 Å². The average molecular weight is 349 g/mol. The number of carbonyl (C=O) groups is 1. The van der Waals surface area contributed by atoms with Gasteiger partial charge in [-0.2, -0.15) is 11.8 Å². The highest BCUT2D eigenvalue weighted by Crippen LogP contribution is 2.10. The van der Waals surface area contributed by atoms with Crippen LogP contribution >= 0.6 is 11.8 Å². The molecular weight excluding hydrogens is 312 g/mol. The zero-order valence-corrected chi connectivity index (χ0v) is 15.9. The van der Waals surface area contributed by atoms with Crippen molar-refractivity contribution in [1.29, 1.82) is 0 Å². The Morgan fingerprint density at radius 1 is 1.00 bits per heavy atom. The third kappa shape index (κ3) is 17.9. The Hall–Kier alpha value is -0.260. The molecule has 0 rings (SSSR count). The van der Waals surface area contributed by atoms with Crippen LogP contribution in [0.25, 0.3) is 0 Å². The zero-order chi connectivity index (χ0) is 17.2. The first kappa shape index (κ1) is 22.7. The molecule has 0 saturated heterocycles. The van der Waals surface area contributed by atoms with Crippen molar-refractivity contribution in [2.45, 2.75) is 77.2 Å². The van der Waals surface area contributed by atoms with Crippen molar-refractivity contribution in [2.75, 3.05) is 31.8 Å². The van der Waals surface area contributed by atoms with Crippen molar-refractivity contribution in [3.05, 3.63) is 0 Å². The second-order valence-corrected chi connectivity index (χ2v) is 6.95. The van der Waals surface area contributed by atoms with E-state index in [0.717, 1.165) is 18.8 Å². The predicted molar refractivity (Wildman–Crippen MR) is 98.4 cm³/mol. The van der Waals surface area contributed by atoms with E-state index < -0.39 is 5.97 Å². The Kier molecular flexibility index (Phi) is 17.9. The van der Waals surface area contributed by atoms with Gasteiger partial charge in [0, 0.05) is 12.4 Å². The number of thioether (sulfide) groups is 1. The van der Waals surface area contributed by atoms with E-state index in [-0.39, 0.29) is 12.7 Å². The largest absolute Gasteiger partial charge is 0.480 e. The minimum absolute atomic E-state index is 0.121. The van der Waals surface area contributed by atoms with Crippen LogP contribution in [0.1, 0.15) is 71.1 Å². The van der Waals surface area contributed by atoms with Crippen LogP contribution in [0.4, 0.5) is 0 Å². The van der Waals surface area contributed by atoms with Crippen LogP contribution in [-0.4, -0.2) is 49.0 Å². The Labute approximate surface area is 146 Å². The van der Waals surface area contributed by atoms with Gasteiger partial charge in [0.15, 0.2) is 0 Å². The molecule has 0 aromatic carbocycles. The topological polar surface area (TPSA) is 55.8 Å². The number of rotatable bonds is 18. The first-order valence-corrected chi connectivity index (χ1v) is 10.5. The fraction of sp³-hybridized carbons (Fsp3) is 0.944. The van der Waals surface area contributed by atoms with E-state index in [4.69, 9.17) is 14.6 Å². The normalized spacial score (nSPS) is 12.4. The molecule has 0 heterocycles. The van der Waals surface area contributed by atoms with Crippen LogP contribution in [-0.2, 0) is 14.3 Å². The van der Waals surface area contributed by atoms with E-state index in [0.29, 0.717) is 6.61 Å². The minimum Gasteiger partial charge on any atom is -0.480 e. The number of carboxylic acid groups (broad SMARTS) is 1. The van der Waals surface area contributed by atoms with E-state index in [1.807, 2.05) is 6.26 Å². The van der Waals surface area contributed by atoms with Crippen LogP contribution in [0, 0.1) is 0 Å². The molecule has 1 atom stereocenters. The molecule has 0 amide bonds. The zero-order valence-electron chi connectivity index (χ0n) is 15.1. The molecule has 0 aromatic heterocycles. The lowest BCUT2D eigenvalue weighted by molar-refractivity contribution is -0.145. The van der Waals surface area contributed by atoms with E-state index >= 15 is 0 Å². The molecule has 138 valence electrons. The van der Waals surface area contributed by atoms with Crippen molar-refractivity contribution in [2.24, 2.45) is 0 Å². The predicted octanol–water partition coefficient (Wildman–Crippen LogP) is 4.76. The highest BCUT2D eigenvalue weighted by molar-refractivity contribution is 7.98. The monoisotopic (exact) mass is 348 g/mol. The third-order valence-electron chi connectivity index (χ3n) is 3.74. The molecule has 0 spiro atoms. The van der Waals surface area contributed by atoms with Gasteiger partial charge >= 0.3 is 5.97 Å².